The number of anilines is 3. The third kappa shape index (κ3) is 5.10. The molecule has 0 spiro atoms. The summed E-state index contributed by atoms with van der Waals surface area (Å²) in [5, 5.41) is 7.64. The molecule has 1 fully saturated rings. The molecule has 3 aromatic rings. The Morgan fingerprint density at radius 3 is 2.97 bits per heavy atom. The van der Waals surface area contributed by atoms with Crippen LogP contribution in [-0.4, -0.2) is 66.7 Å². The van der Waals surface area contributed by atoms with Crippen molar-refractivity contribution in [1.29, 1.82) is 0 Å². The van der Waals surface area contributed by atoms with E-state index in [1.54, 1.807) is 24.6 Å². The number of amides is 1. The molecule has 0 aliphatic carbocycles. The molecule has 8 nitrogen and oxygen atoms in total. The maximum atomic E-state index is 12.4. The molecule has 0 radical (unpaired) electrons. The highest BCUT2D eigenvalue weighted by atomic mass is 32.1. The number of hydrogen-bond donors (Lipinski definition) is 2. The van der Waals surface area contributed by atoms with Gasteiger partial charge in [0.05, 0.1) is 16.3 Å². The van der Waals surface area contributed by atoms with Crippen molar-refractivity contribution in [3.05, 3.63) is 72.1 Å². The van der Waals surface area contributed by atoms with Crippen molar-refractivity contribution >= 4 is 49.7 Å². The van der Waals surface area contributed by atoms with Crippen molar-refractivity contribution in [1.82, 2.24) is 20.2 Å². The van der Waals surface area contributed by atoms with Crippen LogP contribution in [0.15, 0.2) is 61.0 Å². The van der Waals surface area contributed by atoms with Gasteiger partial charge in [-0.15, -0.1) is 6.58 Å². The molecule has 2 N–H and O–H groups in total. The predicted octanol–water partition coefficient (Wildman–Crippen LogP) is 4.48. The van der Waals surface area contributed by atoms with E-state index >= 15 is 0 Å². The molecule has 4 heterocycles. The number of nitrogens with one attached hydrogen (secondary N) is 2. The molecule has 1 aromatic carbocycles. The van der Waals surface area contributed by atoms with E-state index in [1.165, 1.54) is 27.1 Å². The zero-order valence-electron chi connectivity index (χ0n) is 21.5. The van der Waals surface area contributed by atoms with Gasteiger partial charge in [0.1, 0.15) is 12.4 Å². The second kappa shape index (κ2) is 10.7. The van der Waals surface area contributed by atoms with Crippen LogP contribution in [0.2, 0.25) is 0 Å². The summed E-state index contributed by atoms with van der Waals surface area (Å²) in [6.45, 7) is 11.2. The third-order valence-corrected chi connectivity index (χ3v) is 8.00. The molecular formula is C28H32N6O2S. The van der Waals surface area contributed by atoms with Gasteiger partial charge in [0, 0.05) is 62.5 Å². The summed E-state index contributed by atoms with van der Waals surface area (Å²) in [6.07, 6.45) is 7.98. The van der Waals surface area contributed by atoms with E-state index in [0.29, 0.717) is 13.1 Å². The number of pyridine rings is 1. The van der Waals surface area contributed by atoms with Crippen LogP contribution in [0.5, 0.6) is 0 Å². The third-order valence-electron chi connectivity index (χ3n) is 6.89. The summed E-state index contributed by atoms with van der Waals surface area (Å²) in [6, 6.07) is 8.20. The SMILES string of the molecule is C=C[C@H]1CN(c2ccnc(Nc3nc4ccc(C5=C(C)NCC=C5)c(C)c4s3)c2)CCN1C(=O)COC. The highest BCUT2D eigenvalue weighted by Crippen LogP contribution is 2.35. The van der Waals surface area contributed by atoms with E-state index < -0.39 is 0 Å². The number of carbonyl (C=O) groups is 1. The number of dihydropyridines is 1. The fraction of sp³-hybridized carbons (Fsp3) is 0.321. The molecule has 37 heavy (non-hydrogen) atoms. The molecule has 1 amide bonds. The lowest BCUT2D eigenvalue weighted by Gasteiger charge is -2.41. The van der Waals surface area contributed by atoms with Gasteiger partial charge in [0.15, 0.2) is 5.13 Å². The first-order valence-electron chi connectivity index (χ1n) is 12.4. The average molecular weight is 517 g/mol. The monoisotopic (exact) mass is 516 g/mol. The molecule has 9 heteroatoms. The van der Waals surface area contributed by atoms with Crippen molar-refractivity contribution < 1.29 is 9.53 Å². The van der Waals surface area contributed by atoms with Gasteiger partial charge in [-0.2, -0.15) is 0 Å². The fourth-order valence-corrected chi connectivity index (χ4v) is 5.90. The van der Waals surface area contributed by atoms with E-state index in [-0.39, 0.29) is 18.6 Å². The first-order valence-corrected chi connectivity index (χ1v) is 13.2. The largest absolute Gasteiger partial charge is 0.385 e. The van der Waals surface area contributed by atoms with Crippen LogP contribution in [0.1, 0.15) is 18.1 Å². The number of aryl methyl sites for hydroxylation is 1. The van der Waals surface area contributed by atoms with E-state index in [2.05, 4.69) is 65.2 Å². The predicted molar refractivity (Wildman–Crippen MR) is 151 cm³/mol. The van der Waals surface area contributed by atoms with Crippen molar-refractivity contribution in [2.75, 3.05) is 50.1 Å². The average Bonchev–Trinajstić information content (AvgIpc) is 3.33. The molecule has 0 saturated carbocycles. The highest BCUT2D eigenvalue weighted by Gasteiger charge is 2.28. The Hall–Kier alpha value is -3.69. The number of allylic oxidation sites excluding steroid dienone is 3. The molecule has 2 aliphatic heterocycles. The van der Waals surface area contributed by atoms with Gasteiger partial charge in [0.25, 0.3) is 0 Å². The first-order chi connectivity index (χ1) is 18.0. The van der Waals surface area contributed by atoms with Gasteiger partial charge in [-0.3, -0.25) is 4.79 Å². The van der Waals surface area contributed by atoms with Crippen LogP contribution in [-0.2, 0) is 9.53 Å². The smallest absolute Gasteiger partial charge is 0.249 e. The zero-order valence-corrected chi connectivity index (χ0v) is 22.3. The second-order valence-corrected chi connectivity index (χ2v) is 10.2. The second-order valence-electron chi connectivity index (χ2n) is 9.22. The summed E-state index contributed by atoms with van der Waals surface area (Å²) in [5.74, 6) is 0.723. The quantitative estimate of drug-likeness (QED) is 0.448. The minimum Gasteiger partial charge on any atom is -0.385 e. The van der Waals surface area contributed by atoms with Gasteiger partial charge in [-0.25, -0.2) is 9.97 Å². The number of carbonyl (C=O) groups excluding carboxylic acids is 1. The molecule has 2 aromatic heterocycles. The minimum absolute atomic E-state index is 0.0133. The maximum Gasteiger partial charge on any atom is 0.249 e. The van der Waals surface area contributed by atoms with Crippen molar-refractivity contribution in [3.63, 3.8) is 0 Å². The number of fused-ring (bicyclic) bond motifs is 1. The molecule has 2 aliphatic rings. The number of methoxy groups -OCH3 is 1. The highest BCUT2D eigenvalue weighted by molar-refractivity contribution is 7.22. The summed E-state index contributed by atoms with van der Waals surface area (Å²) < 4.78 is 6.20. The first kappa shape index (κ1) is 25.0. The van der Waals surface area contributed by atoms with Crippen LogP contribution in [0.3, 0.4) is 0 Å². The molecule has 0 unspecified atom stereocenters. The minimum atomic E-state index is -0.0737. The van der Waals surface area contributed by atoms with Gasteiger partial charge in [-0.05, 0) is 37.1 Å². The number of rotatable bonds is 7. The topological polar surface area (TPSA) is 82.6 Å². The van der Waals surface area contributed by atoms with Crippen molar-refractivity contribution in [2.45, 2.75) is 19.9 Å². The van der Waals surface area contributed by atoms with E-state index in [9.17, 15) is 4.79 Å². The number of benzene rings is 1. The number of thiazole rings is 1. The van der Waals surface area contributed by atoms with Gasteiger partial charge < -0.3 is 25.2 Å². The normalized spacial score (nSPS) is 17.8. The molecule has 5 rings (SSSR count). The number of nitrogens with zero attached hydrogens (tertiary/aromatic N) is 4. The van der Waals surface area contributed by atoms with Gasteiger partial charge in [-0.1, -0.05) is 35.6 Å². The van der Waals surface area contributed by atoms with Gasteiger partial charge >= 0.3 is 0 Å². The summed E-state index contributed by atoms with van der Waals surface area (Å²) >= 11 is 1.64. The van der Waals surface area contributed by atoms with E-state index in [0.717, 1.165) is 35.2 Å². The molecule has 192 valence electrons. The fourth-order valence-electron chi connectivity index (χ4n) is 4.93. The van der Waals surface area contributed by atoms with Crippen LogP contribution in [0.25, 0.3) is 15.8 Å². The Balaban J connectivity index is 1.34. The standard InChI is InChI=1S/C28H32N6O2S/c1-5-20-16-33(13-14-34(20)26(35)17-36-4)21-10-12-30-25(15-21)32-28-31-24-9-8-22(18(2)27(24)37-28)23-7-6-11-29-19(23)3/h5-10,12,15,20,29H,1,11,13-14,16-17H2,2-4H3,(H,30,31,32)/t20-/m0/s1. The number of piperazine rings is 1. The Morgan fingerprint density at radius 2 is 2.19 bits per heavy atom. The van der Waals surface area contributed by atoms with Crippen LogP contribution < -0.4 is 15.5 Å². The van der Waals surface area contributed by atoms with Crippen LogP contribution in [0, 0.1) is 6.92 Å². The van der Waals surface area contributed by atoms with E-state index in [1.807, 2.05) is 23.1 Å². The molecule has 0 bridgehead atoms. The maximum absolute atomic E-state index is 12.4. The van der Waals surface area contributed by atoms with Gasteiger partial charge in [0.2, 0.25) is 5.91 Å². The zero-order chi connectivity index (χ0) is 25.9. The summed E-state index contributed by atoms with van der Waals surface area (Å²) in [4.78, 5) is 25.8. The lowest BCUT2D eigenvalue weighted by molar-refractivity contribution is -0.136. The van der Waals surface area contributed by atoms with Crippen LogP contribution in [0.4, 0.5) is 16.6 Å². The van der Waals surface area contributed by atoms with Crippen molar-refractivity contribution in [3.8, 4) is 0 Å². The van der Waals surface area contributed by atoms with E-state index in [4.69, 9.17) is 9.72 Å². The van der Waals surface area contributed by atoms with Crippen molar-refractivity contribution in [2.24, 2.45) is 0 Å². The number of aromatic nitrogens is 2. The molecular weight excluding hydrogens is 484 g/mol. The molecule has 1 saturated heterocycles. The number of hydrogen-bond acceptors (Lipinski definition) is 8. The number of ether oxygens (including phenoxy) is 1. The Morgan fingerprint density at radius 1 is 1.32 bits per heavy atom. The summed E-state index contributed by atoms with van der Waals surface area (Å²) in [5.41, 5.74) is 6.89. The van der Waals surface area contributed by atoms with Crippen LogP contribution >= 0.6 is 11.3 Å². The lowest BCUT2D eigenvalue weighted by Crippen LogP contribution is -2.55. The lowest BCUT2D eigenvalue weighted by atomic mass is 9.97. The molecule has 1 atom stereocenters. The Bertz CT molecular complexity index is 1390. The Kier molecular flexibility index (Phi) is 7.25. The summed E-state index contributed by atoms with van der Waals surface area (Å²) in [7, 11) is 1.54. The Labute approximate surface area is 221 Å².